The number of piperidine rings is 2. The molecule has 16 heteroatoms. The van der Waals surface area contributed by atoms with E-state index in [-0.39, 0.29) is 53.2 Å². The standard InChI is InChI=1S/C43H49ClN10O5/c1-42(2)40(43(3,4)41(42)59-30-8-5-27(23-45)32(44)22-30)48-37(56)28-6-11-35(46-24-28)53-15-13-26(14-16-53)25-51-17-19-52(20-18-51)29-7-9-33-31(21-29)39(58)54(50-49-33)34-10-12-36(55)47-38(34)57/h5-9,11,21-22,24,26,34,40-41H,10,12-20,25H2,1-4H3,(H,48,56)(H,47,55,57). The molecular weight excluding hydrogens is 772 g/mol. The molecule has 4 aliphatic rings. The maximum Gasteiger partial charge on any atom is 0.278 e. The van der Waals surface area contributed by atoms with Crippen molar-refractivity contribution in [3.8, 4) is 11.8 Å². The Bertz CT molecular complexity index is 2360. The second-order valence-corrected chi connectivity index (χ2v) is 17.8. The molecule has 8 rings (SSSR count). The molecule has 5 heterocycles. The monoisotopic (exact) mass is 820 g/mol. The number of hydrogen-bond donors (Lipinski definition) is 2. The van der Waals surface area contributed by atoms with Crippen molar-refractivity contribution in [3.05, 3.63) is 81.2 Å². The van der Waals surface area contributed by atoms with Crippen LogP contribution in [0.25, 0.3) is 10.9 Å². The van der Waals surface area contributed by atoms with Crippen LogP contribution in [-0.4, -0.2) is 101 Å². The molecule has 3 amide bonds. The fourth-order valence-electron chi connectivity index (χ4n) is 9.78. The van der Waals surface area contributed by atoms with Gasteiger partial charge in [0.05, 0.1) is 21.5 Å². The zero-order valence-corrected chi connectivity index (χ0v) is 34.5. The van der Waals surface area contributed by atoms with Gasteiger partial charge in [-0.15, -0.1) is 5.10 Å². The van der Waals surface area contributed by atoms with Crippen LogP contribution >= 0.6 is 11.6 Å². The van der Waals surface area contributed by atoms with Gasteiger partial charge in [0.25, 0.3) is 17.4 Å². The third-order valence-electron chi connectivity index (χ3n) is 12.8. The van der Waals surface area contributed by atoms with Crippen LogP contribution in [0.15, 0.2) is 59.5 Å². The predicted octanol–water partition coefficient (Wildman–Crippen LogP) is 4.34. The minimum Gasteiger partial charge on any atom is -0.489 e. The smallest absolute Gasteiger partial charge is 0.278 e. The summed E-state index contributed by atoms with van der Waals surface area (Å²) in [5, 5.41) is 23.7. The van der Waals surface area contributed by atoms with Crippen LogP contribution in [0, 0.1) is 28.1 Å². The van der Waals surface area contributed by atoms with Crippen molar-refractivity contribution < 1.29 is 19.1 Å². The highest BCUT2D eigenvalue weighted by Gasteiger charge is 2.64. The Balaban J connectivity index is 0.802. The van der Waals surface area contributed by atoms with Crippen LogP contribution in [0.4, 0.5) is 11.5 Å². The highest BCUT2D eigenvalue weighted by atomic mass is 35.5. The maximum absolute atomic E-state index is 13.5. The van der Waals surface area contributed by atoms with Crippen LogP contribution in [0.5, 0.6) is 5.75 Å². The van der Waals surface area contributed by atoms with Crippen molar-refractivity contribution in [2.24, 2.45) is 16.7 Å². The molecule has 3 saturated heterocycles. The third kappa shape index (κ3) is 7.83. The number of fused-ring (bicyclic) bond motifs is 1. The number of carbonyl (C=O) groups is 3. The van der Waals surface area contributed by atoms with E-state index >= 15 is 0 Å². The van der Waals surface area contributed by atoms with Gasteiger partial charge in [-0.2, -0.15) is 9.94 Å². The first-order chi connectivity index (χ1) is 28.2. The molecule has 0 spiro atoms. The van der Waals surface area contributed by atoms with Gasteiger partial charge in [-0.25, -0.2) is 4.98 Å². The van der Waals surface area contributed by atoms with Crippen molar-refractivity contribution in [2.75, 3.05) is 55.6 Å². The molecular formula is C43H49ClN10O5. The SMILES string of the molecule is CC1(C)C(NC(=O)c2ccc(N3CCC(CN4CCN(c5ccc6nnn(C7CCC(=O)NC7=O)c(=O)c6c5)CC4)CC3)nc2)C(C)(C)C1Oc1ccc(C#N)c(Cl)c1. The Hall–Kier alpha value is -5.59. The third-order valence-corrected chi connectivity index (χ3v) is 13.1. The fourth-order valence-corrected chi connectivity index (χ4v) is 9.99. The normalized spacial score (nSPS) is 23.3. The molecule has 1 aliphatic carbocycles. The van der Waals surface area contributed by atoms with Crippen LogP contribution in [0.1, 0.15) is 75.3 Å². The Kier molecular flexibility index (Phi) is 10.8. The molecule has 1 saturated carbocycles. The van der Waals surface area contributed by atoms with Gasteiger partial charge in [-0.3, -0.25) is 29.4 Å². The van der Waals surface area contributed by atoms with Crippen molar-refractivity contribution in [1.29, 1.82) is 5.26 Å². The highest BCUT2D eigenvalue weighted by molar-refractivity contribution is 6.31. The lowest BCUT2D eigenvalue weighted by Gasteiger charge is -2.63. The summed E-state index contributed by atoms with van der Waals surface area (Å²) in [4.78, 5) is 62.7. The Labute approximate surface area is 347 Å². The van der Waals surface area contributed by atoms with Crippen molar-refractivity contribution >= 4 is 51.7 Å². The van der Waals surface area contributed by atoms with Crippen LogP contribution in [-0.2, 0) is 9.59 Å². The Morgan fingerprint density at radius 2 is 1.69 bits per heavy atom. The number of hydrogen-bond acceptors (Lipinski definition) is 12. The number of pyridine rings is 1. The number of nitrogens with one attached hydrogen (secondary N) is 2. The van der Waals surface area contributed by atoms with E-state index in [0.717, 1.165) is 74.8 Å². The summed E-state index contributed by atoms with van der Waals surface area (Å²) in [5.74, 6) is 0.987. The number of anilines is 2. The number of ether oxygens (including phenoxy) is 1. The molecule has 2 aromatic heterocycles. The van der Waals surface area contributed by atoms with Crippen molar-refractivity contribution in [3.63, 3.8) is 0 Å². The average Bonchev–Trinajstić information content (AvgIpc) is 3.23. The second kappa shape index (κ2) is 15.9. The van der Waals surface area contributed by atoms with Gasteiger partial charge >= 0.3 is 0 Å². The molecule has 4 aromatic rings. The summed E-state index contributed by atoms with van der Waals surface area (Å²) in [7, 11) is 0. The van der Waals surface area contributed by atoms with Crippen LogP contribution in [0.3, 0.4) is 0 Å². The number of halogens is 1. The number of nitriles is 1. The number of imide groups is 1. The maximum atomic E-state index is 13.5. The minimum atomic E-state index is -0.856. The van der Waals surface area contributed by atoms with E-state index in [4.69, 9.17) is 21.3 Å². The Morgan fingerprint density at radius 1 is 0.949 bits per heavy atom. The zero-order chi connectivity index (χ0) is 41.6. The molecule has 308 valence electrons. The molecule has 2 aromatic carbocycles. The van der Waals surface area contributed by atoms with Gasteiger partial charge in [0.1, 0.15) is 35.3 Å². The summed E-state index contributed by atoms with van der Waals surface area (Å²) >= 11 is 6.25. The van der Waals surface area contributed by atoms with E-state index in [2.05, 4.69) is 69.4 Å². The van der Waals surface area contributed by atoms with E-state index in [1.165, 1.54) is 0 Å². The largest absolute Gasteiger partial charge is 0.489 e. The summed E-state index contributed by atoms with van der Waals surface area (Å²) in [6.45, 7) is 14.6. The van der Waals surface area contributed by atoms with Crippen molar-refractivity contribution in [2.45, 2.75) is 71.6 Å². The van der Waals surface area contributed by atoms with Crippen molar-refractivity contribution in [1.82, 2.24) is 35.5 Å². The van der Waals surface area contributed by atoms with E-state index in [0.29, 0.717) is 38.7 Å². The number of piperazine rings is 1. The zero-order valence-electron chi connectivity index (χ0n) is 33.8. The van der Waals surface area contributed by atoms with Crippen LogP contribution < -0.4 is 30.7 Å². The number of amides is 3. The molecule has 59 heavy (non-hydrogen) atoms. The molecule has 15 nitrogen and oxygen atoms in total. The summed E-state index contributed by atoms with van der Waals surface area (Å²) in [6, 6.07) is 15.5. The van der Waals surface area contributed by atoms with E-state index in [1.807, 2.05) is 24.3 Å². The molecule has 1 atom stereocenters. The Morgan fingerprint density at radius 3 is 2.36 bits per heavy atom. The highest BCUT2D eigenvalue weighted by Crippen LogP contribution is 2.55. The topological polar surface area (TPSA) is 179 Å². The molecule has 1 unspecified atom stereocenters. The molecule has 0 radical (unpaired) electrons. The number of carbonyl (C=O) groups excluding carboxylic acids is 3. The quantitative estimate of drug-likeness (QED) is 0.229. The van der Waals surface area contributed by atoms with Gasteiger partial charge in [0.15, 0.2) is 0 Å². The predicted molar refractivity (Wildman–Crippen MR) is 222 cm³/mol. The lowest BCUT2D eigenvalue weighted by Crippen LogP contribution is -2.74. The minimum absolute atomic E-state index is 0.148. The fraction of sp³-hybridized carbons (Fsp3) is 0.488. The van der Waals surface area contributed by atoms with Gasteiger partial charge in [-0.05, 0) is 67.6 Å². The average molecular weight is 821 g/mol. The first-order valence-electron chi connectivity index (χ1n) is 20.3. The summed E-state index contributed by atoms with van der Waals surface area (Å²) < 4.78 is 7.48. The number of aromatic nitrogens is 4. The van der Waals surface area contributed by atoms with Gasteiger partial charge in [0.2, 0.25) is 5.91 Å². The van der Waals surface area contributed by atoms with E-state index < -0.39 is 11.9 Å². The summed E-state index contributed by atoms with van der Waals surface area (Å²) in [6.07, 6.45) is 3.95. The summed E-state index contributed by atoms with van der Waals surface area (Å²) in [5.41, 5.74) is 1.19. The molecule has 4 fully saturated rings. The van der Waals surface area contributed by atoms with Gasteiger partial charge < -0.3 is 19.9 Å². The molecule has 0 bridgehead atoms. The van der Waals surface area contributed by atoms with E-state index in [1.54, 1.807) is 30.5 Å². The first-order valence-corrected chi connectivity index (χ1v) is 20.7. The number of nitrogens with zero attached hydrogens (tertiary/aromatic N) is 8. The van der Waals surface area contributed by atoms with E-state index in [9.17, 15) is 24.4 Å². The second-order valence-electron chi connectivity index (χ2n) is 17.4. The first kappa shape index (κ1) is 40.2. The van der Waals surface area contributed by atoms with Gasteiger partial charge in [-0.1, -0.05) is 44.5 Å². The van der Waals surface area contributed by atoms with Crippen LogP contribution in [0.2, 0.25) is 5.02 Å². The lowest BCUT2D eigenvalue weighted by atomic mass is 9.49. The lowest BCUT2D eigenvalue weighted by molar-refractivity contribution is -0.164. The van der Waals surface area contributed by atoms with Gasteiger partial charge in [0, 0.05) is 87.1 Å². The number of benzene rings is 2. The molecule has 2 N–H and O–H groups in total. The number of rotatable bonds is 9. The molecule has 3 aliphatic heterocycles.